The topological polar surface area (TPSA) is 19.0 Å². The van der Waals surface area contributed by atoms with Gasteiger partial charge < -0.3 is 4.98 Å². The molecule has 2 aliphatic rings. The summed E-state index contributed by atoms with van der Waals surface area (Å²) in [7, 11) is 0. The number of hydrogen-bond donors (Lipinski definition) is 1. The number of benzene rings is 1. The number of piperidine rings is 1. The molecule has 1 fully saturated rings. The number of hydrogen-bond acceptors (Lipinski definition) is 1. The van der Waals surface area contributed by atoms with E-state index in [4.69, 9.17) is 0 Å². The molecule has 0 spiro atoms. The monoisotopic (exact) mass is 296 g/mol. The van der Waals surface area contributed by atoms with Crippen molar-refractivity contribution in [2.45, 2.75) is 57.9 Å². The number of aromatic nitrogens is 1. The largest absolute Gasteiger partial charge is 0.358 e. The molecule has 2 nitrogen and oxygen atoms in total. The molecule has 2 unspecified atom stereocenters. The zero-order valence-corrected chi connectivity index (χ0v) is 14.0. The van der Waals surface area contributed by atoms with Crippen molar-refractivity contribution in [2.75, 3.05) is 13.1 Å². The number of aromatic amines is 1. The van der Waals surface area contributed by atoms with Crippen LogP contribution in [0.25, 0.3) is 10.9 Å². The molecule has 0 radical (unpaired) electrons. The molecule has 1 N–H and O–H groups in total. The molecule has 1 aromatic carbocycles. The minimum Gasteiger partial charge on any atom is -0.358 e. The Balaban J connectivity index is 1.72. The second-order valence-corrected chi connectivity index (χ2v) is 7.54. The SMILES string of the molecule is CCC12CCc3[nH]c4ccccc4c3CCN1CCC(C)C2. The van der Waals surface area contributed by atoms with Crippen molar-refractivity contribution in [1.82, 2.24) is 9.88 Å². The van der Waals surface area contributed by atoms with Gasteiger partial charge in [0, 0.05) is 28.7 Å². The molecule has 3 heterocycles. The number of nitrogens with one attached hydrogen (secondary N) is 1. The number of fused-ring (bicyclic) bond motifs is 4. The molecular formula is C20H28N2. The van der Waals surface area contributed by atoms with Gasteiger partial charge in [-0.15, -0.1) is 0 Å². The van der Waals surface area contributed by atoms with E-state index < -0.39 is 0 Å². The van der Waals surface area contributed by atoms with E-state index in [-0.39, 0.29) is 0 Å². The van der Waals surface area contributed by atoms with Crippen molar-refractivity contribution in [3.8, 4) is 0 Å². The molecule has 22 heavy (non-hydrogen) atoms. The number of H-pyrrole nitrogens is 1. The van der Waals surface area contributed by atoms with Crippen molar-refractivity contribution >= 4 is 10.9 Å². The van der Waals surface area contributed by atoms with Crippen LogP contribution in [-0.2, 0) is 12.8 Å². The lowest BCUT2D eigenvalue weighted by Crippen LogP contribution is -2.54. The number of para-hydroxylation sites is 1. The fourth-order valence-corrected chi connectivity index (χ4v) is 5.01. The van der Waals surface area contributed by atoms with Gasteiger partial charge in [-0.2, -0.15) is 0 Å². The lowest BCUT2D eigenvalue weighted by Gasteiger charge is -2.50. The van der Waals surface area contributed by atoms with E-state index in [2.05, 4.69) is 48.0 Å². The number of rotatable bonds is 1. The molecule has 1 aromatic heterocycles. The predicted molar refractivity (Wildman–Crippen MR) is 93.3 cm³/mol. The summed E-state index contributed by atoms with van der Waals surface area (Å²) in [4.78, 5) is 6.54. The third-order valence-electron chi connectivity index (χ3n) is 6.32. The maximum atomic E-state index is 3.71. The maximum Gasteiger partial charge on any atom is 0.0458 e. The third kappa shape index (κ3) is 2.20. The standard InChI is InChI=1S/C20H28N2/c1-3-20-11-8-19-17(16-6-4-5-7-18(16)21-19)10-13-22(20)12-9-15(2)14-20/h4-7,15,21H,3,8-14H2,1-2H3. The molecule has 1 saturated heterocycles. The van der Waals surface area contributed by atoms with Crippen LogP contribution in [0.1, 0.15) is 50.8 Å². The zero-order chi connectivity index (χ0) is 15.2. The smallest absolute Gasteiger partial charge is 0.0458 e. The fraction of sp³-hybridized carbons (Fsp3) is 0.600. The molecule has 118 valence electrons. The third-order valence-corrected chi connectivity index (χ3v) is 6.32. The van der Waals surface area contributed by atoms with E-state index in [9.17, 15) is 0 Å². The second kappa shape index (κ2) is 5.42. The lowest BCUT2D eigenvalue weighted by atomic mass is 9.75. The Bertz CT molecular complexity index is 671. The highest BCUT2D eigenvalue weighted by Gasteiger charge is 2.40. The van der Waals surface area contributed by atoms with Crippen LogP contribution < -0.4 is 0 Å². The van der Waals surface area contributed by atoms with Crippen LogP contribution in [0.15, 0.2) is 24.3 Å². The summed E-state index contributed by atoms with van der Waals surface area (Å²) < 4.78 is 0. The fourth-order valence-electron chi connectivity index (χ4n) is 5.01. The van der Waals surface area contributed by atoms with Gasteiger partial charge in [0.2, 0.25) is 0 Å². The van der Waals surface area contributed by atoms with E-state index in [1.54, 1.807) is 5.56 Å². The van der Waals surface area contributed by atoms with E-state index in [1.165, 1.54) is 68.2 Å². The van der Waals surface area contributed by atoms with Crippen molar-refractivity contribution < 1.29 is 0 Å². The molecule has 2 aromatic rings. The summed E-state index contributed by atoms with van der Waals surface area (Å²) in [6.45, 7) is 7.38. The van der Waals surface area contributed by atoms with Crippen molar-refractivity contribution in [2.24, 2.45) is 5.92 Å². The predicted octanol–water partition coefficient (Wildman–Crippen LogP) is 4.54. The minimum atomic E-state index is 0.451. The molecule has 0 aliphatic carbocycles. The van der Waals surface area contributed by atoms with Gasteiger partial charge >= 0.3 is 0 Å². The van der Waals surface area contributed by atoms with Crippen LogP contribution >= 0.6 is 0 Å². The first-order valence-corrected chi connectivity index (χ1v) is 9.05. The van der Waals surface area contributed by atoms with Crippen molar-refractivity contribution in [3.05, 3.63) is 35.5 Å². The molecule has 0 amide bonds. The summed E-state index contributed by atoms with van der Waals surface area (Å²) in [6, 6.07) is 8.83. The van der Waals surface area contributed by atoms with Gasteiger partial charge in [-0.3, -0.25) is 4.90 Å². The highest BCUT2D eigenvalue weighted by atomic mass is 15.2. The molecule has 2 atom stereocenters. The number of nitrogens with zero attached hydrogens (tertiary/aromatic N) is 1. The van der Waals surface area contributed by atoms with E-state index in [1.807, 2.05) is 0 Å². The van der Waals surface area contributed by atoms with Gasteiger partial charge in [-0.05, 0) is 62.6 Å². The molecular weight excluding hydrogens is 268 g/mol. The van der Waals surface area contributed by atoms with Crippen LogP contribution in [0, 0.1) is 5.92 Å². The molecule has 4 rings (SSSR count). The summed E-state index contributed by atoms with van der Waals surface area (Å²) in [5, 5.41) is 1.45. The first-order chi connectivity index (χ1) is 10.7. The van der Waals surface area contributed by atoms with Crippen LogP contribution in [0.3, 0.4) is 0 Å². The minimum absolute atomic E-state index is 0.451. The van der Waals surface area contributed by atoms with Crippen molar-refractivity contribution in [3.63, 3.8) is 0 Å². The quantitative estimate of drug-likeness (QED) is 0.818. The highest BCUT2D eigenvalue weighted by Crippen LogP contribution is 2.40. The first kappa shape index (κ1) is 14.3. The Hall–Kier alpha value is -1.28. The zero-order valence-electron chi connectivity index (χ0n) is 14.0. The average Bonchev–Trinajstić information content (AvgIpc) is 2.87. The normalized spacial score (nSPS) is 29.6. The van der Waals surface area contributed by atoms with E-state index >= 15 is 0 Å². The van der Waals surface area contributed by atoms with Gasteiger partial charge in [0.05, 0.1) is 0 Å². The summed E-state index contributed by atoms with van der Waals surface area (Å²) >= 11 is 0. The molecule has 0 bridgehead atoms. The summed E-state index contributed by atoms with van der Waals surface area (Å²) in [6.07, 6.45) is 7.79. The van der Waals surface area contributed by atoms with Gasteiger partial charge in [0.15, 0.2) is 0 Å². The maximum absolute atomic E-state index is 3.71. The van der Waals surface area contributed by atoms with E-state index in [0.717, 1.165) is 5.92 Å². The van der Waals surface area contributed by atoms with Crippen molar-refractivity contribution in [1.29, 1.82) is 0 Å². The van der Waals surface area contributed by atoms with E-state index in [0.29, 0.717) is 5.54 Å². The Morgan fingerprint density at radius 3 is 2.95 bits per heavy atom. The van der Waals surface area contributed by atoms with Gasteiger partial charge in [0.25, 0.3) is 0 Å². The van der Waals surface area contributed by atoms with Gasteiger partial charge in [-0.1, -0.05) is 32.0 Å². The molecule has 0 saturated carbocycles. The average molecular weight is 296 g/mol. The Morgan fingerprint density at radius 2 is 2.09 bits per heavy atom. The van der Waals surface area contributed by atoms with Crippen LogP contribution in [0.2, 0.25) is 0 Å². The molecule has 2 aliphatic heterocycles. The highest BCUT2D eigenvalue weighted by molar-refractivity contribution is 5.84. The van der Waals surface area contributed by atoms with Gasteiger partial charge in [-0.25, -0.2) is 0 Å². The molecule has 2 heteroatoms. The van der Waals surface area contributed by atoms with Crippen LogP contribution in [0.5, 0.6) is 0 Å². The Labute approximate surface area is 133 Å². The van der Waals surface area contributed by atoms with Gasteiger partial charge in [0.1, 0.15) is 0 Å². The Kier molecular flexibility index (Phi) is 3.53. The number of aryl methyl sites for hydroxylation is 1. The summed E-state index contributed by atoms with van der Waals surface area (Å²) in [5.74, 6) is 0.887. The van der Waals surface area contributed by atoms with Crippen LogP contribution in [0.4, 0.5) is 0 Å². The summed E-state index contributed by atoms with van der Waals surface area (Å²) in [5.41, 5.74) is 4.87. The second-order valence-electron chi connectivity index (χ2n) is 7.54. The lowest BCUT2D eigenvalue weighted by molar-refractivity contribution is 0.0119. The first-order valence-electron chi connectivity index (χ1n) is 9.05. The Morgan fingerprint density at radius 1 is 1.23 bits per heavy atom. The van der Waals surface area contributed by atoms with Crippen LogP contribution in [-0.4, -0.2) is 28.5 Å².